The fourth-order valence-corrected chi connectivity index (χ4v) is 3.00. The minimum atomic E-state index is -4.87. The van der Waals surface area contributed by atoms with Crippen LogP contribution in [0.25, 0.3) is 0 Å². The van der Waals surface area contributed by atoms with E-state index >= 15 is 0 Å². The van der Waals surface area contributed by atoms with Gasteiger partial charge in [-0.1, -0.05) is 23.8 Å². The van der Waals surface area contributed by atoms with E-state index in [9.17, 15) is 33.0 Å². The van der Waals surface area contributed by atoms with E-state index in [4.69, 9.17) is 4.74 Å². The van der Waals surface area contributed by atoms with Crippen LogP contribution in [0.4, 0.5) is 13.2 Å². The van der Waals surface area contributed by atoms with Crippen LogP contribution >= 0.6 is 0 Å². The number of fused-ring (bicyclic) bond motifs is 1. The van der Waals surface area contributed by atoms with Crippen molar-refractivity contribution in [3.63, 3.8) is 0 Å². The SMILES string of the molecule is CC(C)=CCc1c(O)cc(O)c2c1OC(c1ccc(OC(F)(F)F)cc1)C(=O)C2=O. The quantitative estimate of drug-likeness (QED) is 0.561. The van der Waals surface area contributed by atoms with Gasteiger partial charge in [-0.15, -0.1) is 13.2 Å². The highest BCUT2D eigenvalue weighted by atomic mass is 19.4. The number of hydrogen-bond acceptors (Lipinski definition) is 6. The smallest absolute Gasteiger partial charge is 0.507 e. The van der Waals surface area contributed by atoms with E-state index in [1.165, 1.54) is 12.1 Å². The van der Waals surface area contributed by atoms with Gasteiger partial charge in [0.05, 0.1) is 0 Å². The van der Waals surface area contributed by atoms with E-state index in [1.807, 2.05) is 13.8 Å². The summed E-state index contributed by atoms with van der Waals surface area (Å²) in [5.74, 6) is -3.59. The van der Waals surface area contributed by atoms with Gasteiger partial charge in [0, 0.05) is 17.2 Å². The van der Waals surface area contributed by atoms with Gasteiger partial charge in [-0.25, -0.2) is 0 Å². The van der Waals surface area contributed by atoms with Crippen LogP contribution in [0.5, 0.6) is 23.0 Å². The molecule has 1 aliphatic heterocycles. The molecule has 6 nitrogen and oxygen atoms in total. The molecule has 0 saturated heterocycles. The van der Waals surface area contributed by atoms with Gasteiger partial charge >= 0.3 is 6.36 Å². The maximum absolute atomic E-state index is 12.6. The second-order valence-corrected chi connectivity index (χ2v) is 6.89. The first kappa shape index (κ1) is 21.2. The third-order valence-corrected chi connectivity index (χ3v) is 4.40. The Balaban J connectivity index is 2.02. The summed E-state index contributed by atoms with van der Waals surface area (Å²) in [6, 6.07) is 5.28. The van der Waals surface area contributed by atoms with Crippen LogP contribution in [-0.4, -0.2) is 28.1 Å². The number of halogens is 3. The van der Waals surface area contributed by atoms with Crippen molar-refractivity contribution in [2.75, 3.05) is 0 Å². The molecular formula is C21H17F3O6. The van der Waals surface area contributed by atoms with Crippen LogP contribution < -0.4 is 9.47 Å². The Morgan fingerprint density at radius 2 is 1.77 bits per heavy atom. The van der Waals surface area contributed by atoms with E-state index in [0.717, 1.165) is 23.8 Å². The van der Waals surface area contributed by atoms with Crippen molar-refractivity contribution >= 4 is 11.6 Å². The number of ketones is 2. The van der Waals surface area contributed by atoms with Crippen LogP contribution in [0.15, 0.2) is 42.0 Å². The number of allylic oxidation sites excluding steroid dienone is 2. The molecule has 1 heterocycles. The number of aromatic hydroxyl groups is 2. The lowest BCUT2D eigenvalue weighted by Crippen LogP contribution is -2.32. The monoisotopic (exact) mass is 422 g/mol. The number of phenols is 2. The first-order valence-corrected chi connectivity index (χ1v) is 8.80. The number of Topliss-reactive ketones (excluding diaryl/α,β-unsaturated/α-hetero) is 2. The Labute approximate surface area is 169 Å². The van der Waals surface area contributed by atoms with Crippen LogP contribution in [0.2, 0.25) is 0 Å². The minimum Gasteiger partial charge on any atom is -0.507 e. The Morgan fingerprint density at radius 1 is 1.13 bits per heavy atom. The Kier molecular flexibility index (Phi) is 5.47. The van der Waals surface area contributed by atoms with Gasteiger partial charge in [0.1, 0.15) is 28.6 Å². The molecule has 0 radical (unpaired) electrons. The lowest BCUT2D eigenvalue weighted by atomic mass is 9.91. The number of benzene rings is 2. The number of carbonyl (C=O) groups is 2. The molecule has 1 atom stereocenters. The molecule has 1 unspecified atom stereocenters. The van der Waals surface area contributed by atoms with E-state index < -0.39 is 35.5 Å². The normalized spacial score (nSPS) is 16.0. The first-order chi connectivity index (χ1) is 14.0. The lowest BCUT2D eigenvalue weighted by molar-refractivity contribution is -0.274. The largest absolute Gasteiger partial charge is 0.573 e. The number of carbonyl (C=O) groups excluding carboxylic acids is 2. The fourth-order valence-electron chi connectivity index (χ4n) is 3.00. The highest BCUT2D eigenvalue weighted by molar-refractivity contribution is 6.47. The van der Waals surface area contributed by atoms with E-state index in [0.29, 0.717) is 0 Å². The summed E-state index contributed by atoms with van der Waals surface area (Å²) in [6.07, 6.45) is -4.39. The van der Waals surface area contributed by atoms with Crippen molar-refractivity contribution in [3.05, 3.63) is 58.7 Å². The molecule has 9 heteroatoms. The summed E-state index contributed by atoms with van der Waals surface area (Å²) in [5.41, 5.74) is 0.880. The minimum absolute atomic E-state index is 0.115. The Hall–Kier alpha value is -3.49. The maximum Gasteiger partial charge on any atom is 0.573 e. The zero-order valence-electron chi connectivity index (χ0n) is 15.9. The van der Waals surface area contributed by atoms with Gasteiger partial charge in [-0.05, 0) is 32.4 Å². The van der Waals surface area contributed by atoms with Crippen LogP contribution in [-0.2, 0) is 11.2 Å². The van der Waals surface area contributed by atoms with Gasteiger partial charge in [0.15, 0.2) is 6.10 Å². The maximum atomic E-state index is 12.6. The van der Waals surface area contributed by atoms with Crippen molar-refractivity contribution in [2.45, 2.75) is 32.7 Å². The molecule has 0 bridgehead atoms. The molecule has 0 saturated carbocycles. The second kappa shape index (κ2) is 7.74. The molecule has 2 aromatic carbocycles. The first-order valence-electron chi connectivity index (χ1n) is 8.80. The molecule has 0 aliphatic carbocycles. The molecular weight excluding hydrogens is 405 g/mol. The Morgan fingerprint density at radius 3 is 2.33 bits per heavy atom. The molecule has 30 heavy (non-hydrogen) atoms. The lowest BCUT2D eigenvalue weighted by Gasteiger charge is -2.27. The molecule has 3 rings (SSSR count). The van der Waals surface area contributed by atoms with Gasteiger partial charge in [0.25, 0.3) is 0 Å². The molecule has 0 fully saturated rings. The average Bonchev–Trinajstić information content (AvgIpc) is 2.63. The van der Waals surface area contributed by atoms with Crippen molar-refractivity contribution in [2.24, 2.45) is 0 Å². The molecule has 0 spiro atoms. The summed E-state index contributed by atoms with van der Waals surface area (Å²) >= 11 is 0. The zero-order valence-corrected chi connectivity index (χ0v) is 15.9. The summed E-state index contributed by atoms with van der Waals surface area (Å²) in [7, 11) is 0. The van der Waals surface area contributed by atoms with Gasteiger partial charge in [-0.2, -0.15) is 0 Å². The number of ether oxygens (including phenoxy) is 2. The van der Waals surface area contributed by atoms with Gasteiger partial charge in [0.2, 0.25) is 11.6 Å². The second-order valence-electron chi connectivity index (χ2n) is 6.89. The number of alkyl halides is 3. The van der Waals surface area contributed by atoms with Crippen molar-refractivity contribution in [3.8, 4) is 23.0 Å². The third kappa shape index (κ3) is 4.24. The van der Waals surface area contributed by atoms with Gasteiger partial charge < -0.3 is 19.7 Å². The predicted molar refractivity (Wildman–Crippen MR) is 98.7 cm³/mol. The third-order valence-electron chi connectivity index (χ3n) is 4.40. The molecule has 0 amide bonds. The highest BCUT2D eigenvalue weighted by Gasteiger charge is 2.40. The highest BCUT2D eigenvalue weighted by Crippen LogP contribution is 2.44. The van der Waals surface area contributed by atoms with Gasteiger partial charge in [-0.3, -0.25) is 9.59 Å². The van der Waals surface area contributed by atoms with Crippen LogP contribution in [0, 0.1) is 0 Å². The number of hydrogen-bond donors (Lipinski definition) is 2. The summed E-state index contributed by atoms with van der Waals surface area (Å²) in [5, 5.41) is 20.3. The van der Waals surface area contributed by atoms with E-state index in [1.54, 1.807) is 6.08 Å². The summed E-state index contributed by atoms with van der Waals surface area (Å²) in [6.45, 7) is 3.65. The Bertz CT molecular complexity index is 1030. The topological polar surface area (TPSA) is 93.1 Å². The summed E-state index contributed by atoms with van der Waals surface area (Å²) < 4.78 is 46.5. The zero-order chi connectivity index (χ0) is 22.2. The van der Waals surface area contributed by atoms with Crippen molar-refractivity contribution in [1.29, 1.82) is 0 Å². The standard InChI is InChI=1S/C21H17F3O6/c1-10(2)3-8-13-14(25)9-15(26)16-17(27)18(28)19(29-20(13)16)11-4-6-12(7-5-11)30-21(22,23)24/h3-7,9,19,25-26H,8H2,1-2H3. The molecule has 0 aromatic heterocycles. The van der Waals surface area contributed by atoms with E-state index in [-0.39, 0.29) is 34.6 Å². The molecule has 2 N–H and O–H groups in total. The number of phenolic OH excluding ortho intramolecular Hbond substituents is 2. The molecule has 1 aliphatic rings. The van der Waals surface area contributed by atoms with Crippen LogP contribution in [0.1, 0.15) is 41.4 Å². The number of rotatable bonds is 4. The fraction of sp³-hybridized carbons (Fsp3) is 0.238. The van der Waals surface area contributed by atoms with Crippen molar-refractivity contribution in [1.82, 2.24) is 0 Å². The average molecular weight is 422 g/mol. The molecule has 158 valence electrons. The predicted octanol–water partition coefficient (Wildman–Crippen LogP) is 4.39. The van der Waals surface area contributed by atoms with E-state index in [2.05, 4.69) is 4.74 Å². The molecule has 2 aromatic rings. The van der Waals surface area contributed by atoms with Crippen LogP contribution in [0.3, 0.4) is 0 Å². The van der Waals surface area contributed by atoms with Crippen molar-refractivity contribution < 1.29 is 42.4 Å². The summed E-state index contributed by atoms with van der Waals surface area (Å²) in [4.78, 5) is 25.2.